The number of nitrogens with zero attached hydrogens (tertiary/aromatic N) is 2. The number of amides is 1. The number of hydrogen-bond donors (Lipinski definition) is 2. The molecular weight excluding hydrogens is 398 g/mol. The number of carbonyl (C=O) groups excluding carboxylic acids is 1. The van der Waals surface area contributed by atoms with Crippen molar-refractivity contribution in [1.82, 2.24) is 9.78 Å². The first-order valence-corrected chi connectivity index (χ1v) is 9.30. The van der Waals surface area contributed by atoms with Crippen LogP contribution in [0.1, 0.15) is 12.0 Å². The molecule has 6 nitrogen and oxygen atoms in total. The lowest BCUT2D eigenvalue weighted by atomic mass is 9.82. The van der Waals surface area contributed by atoms with E-state index in [1.165, 1.54) is 0 Å². The maximum atomic E-state index is 12.7. The Morgan fingerprint density at radius 2 is 1.85 bits per heavy atom. The average molecular weight is 416 g/mol. The zero-order valence-electron chi connectivity index (χ0n) is 13.9. The lowest BCUT2D eigenvalue weighted by Crippen LogP contribution is -2.36. The summed E-state index contributed by atoms with van der Waals surface area (Å²) in [7, 11) is 0. The van der Waals surface area contributed by atoms with Crippen LogP contribution in [0.2, 0.25) is 0 Å². The lowest BCUT2D eigenvalue weighted by Gasteiger charge is -2.23. The van der Waals surface area contributed by atoms with Gasteiger partial charge in [-0.25, -0.2) is 0 Å². The second-order valence-electron chi connectivity index (χ2n) is 6.85. The van der Waals surface area contributed by atoms with Gasteiger partial charge in [0, 0.05) is 16.7 Å². The van der Waals surface area contributed by atoms with Crippen LogP contribution >= 0.6 is 15.9 Å². The van der Waals surface area contributed by atoms with Gasteiger partial charge in [-0.05, 0) is 36.0 Å². The first-order valence-electron chi connectivity index (χ1n) is 8.51. The molecule has 7 heteroatoms. The minimum absolute atomic E-state index is 0.00551. The maximum absolute atomic E-state index is 12.7. The van der Waals surface area contributed by atoms with Gasteiger partial charge in [-0.2, -0.15) is 5.10 Å². The summed E-state index contributed by atoms with van der Waals surface area (Å²) >= 11 is 3.41. The Morgan fingerprint density at radius 3 is 2.54 bits per heavy atom. The number of aromatic nitrogens is 2. The number of anilines is 1. The third-order valence-electron chi connectivity index (χ3n) is 5.20. The molecule has 4 atom stereocenters. The highest BCUT2D eigenvalue weighted by atomic mass is 79.9. The fourth-order valence-corrected chi connectivity index (χ4v) is 4.28. The van der Waals surface area contributed by atoms with Crippen molar-refractivity contribution in [2.75, 3.05) is 5.32 Å². The number of hydrogen-bond acceptors (Lipinski definition) is 3. The maximum Gasteiger partial charge on any atom is 0.307 e. The van der Waals surface area contributed by atoms with Gasteiger partial charge in [-0.1, -0.05) is 40.2 Å². The monoisotopic (exact) mass is 415 g/mol. The van der Waals surface area contributed by atoms with E-state index in [9.17, 15) is 14.7 Å². The van der Waals surface area contributed by atoms with Crippen LogP contribution in [0.3, 0.4) is 0 Å². The van der Waals surface area contributed by atoms with Gasteiger partial charge in [0.05, 0.1) is 18.4 Å². The molecule has 0 unspecified atom stereocenters. The molecule has 0 radical (unpaired) electrons. The highest BCUT2D eigenvalue weighted by Crippen LogP contribution is 2.48. The van der Waals surface area contributed by atoms with Gasteiger partial charge in [0.25, 0.3) is 0 Å². The van der Waals surface area contributed by atoms with Gasteiger partial charge in [0.1, 0.15) is 0 Å². The molecule has 1 aromatic carbocycles. The number of fused-ring (bicyclic) bond motifs is 2. The van der Waals surface area contributed by atoms with Crippen LogP contribution in [0.15, 0.2) is 53.2 Å². The number of carboxylic acid groups (broad SMARTS) is 1. The predicted molar refractivity (Wildman–Crippen MR) is 99.5 cm³/mol. The molecule has 2 aliphatic carbocycles. The Bertz CT molecular complexity index is 874. The second-order valence-corrected chi connectivity index (χ2v) is 7.77. The summed E-state index contributed by atoms with van der Waals surface area (Å²) in [6, 6.07) is 9.67. The number of aliphatic carboxylic acids is 1. The quantitative estimate of drug-likeness (QED) is 0.734. The van der Waals surface area contributed by atoms with Crippen molar-refractivity contribution in [2.45, 2.75) is 13.0 Å². The van der Waals surface area contributed by atoms with E-state index in [4.69, 9.17) is 0 Å². The molecule has 1 heterocycles. The molecule has 4 rings (SSSR count). The van der Waals surface area contributed by atoms with Crippen LogP contribution in [0.5, 0.6) is 0 Å². The van der Waals surface area contributed by atoms with E-state index in [1.54, 1.807) is 16.9 Å². The minimum atomic E-state index is -0.900. The fraction of sp³-hybridized carbons (Fsp3) is 0.316. The zero-order valence-corrected chi connectivity index (χ0v) is 15.5. The average Bonchev–Trinajstić information content (AvgIpc) is 3.32. The topological polar surface area (TPSA) is 84.2 Å². The van der Waals surface area contributed by atoms with Crippen LogP contribution < -0.4 is 5.32 Å². The van der Waals surface area contributed by atoms with Crippen molar-refractivity contribution in [3.05, 3.63) is 58.7 Å². The van der Waals surface area contributed by atoms with Crippen LogP contribution in [-0.2, 0) is 16.1 Å². The number of halogens is 1. The number of nitrogens with one attached hydrogen (secondary N) is 1. The first kappa shape index (κ1) is 17.0. The van der Waals surface area contributed by atoms with Crippen LogP contribution in [0, 0.1) is 23.7 Å². The van der Waals surface area contributed by atoms with Crippen molar-refractivity contribution < 1.29 is 14.7 Å². The Morgan fingerprint density at radius 1 is 1.15 bits per heavy atom. The highest BCUT2D eigenvalue weighted by molar-refractivity contribution is 9.10. The summed E-state index contributed by atoms with van der Waals surface area (Å²) in [6.07, 6.45) is 6.45. The van der Waals surface area contributed by atoms with Gasteiger partial charge >= 0.3 is 5.97 Å². The van der Waals surface area contributed by atoms with Gasteiger partial charge in [-0.15, -0.1) is 0 Å². The van der Waals surface area contributed by atoms with E-state index >= 15 is 0 Å². The predicted octanol–water partition coefficient (Wildman–Crippen LogP) is 3.16. The highest BCUT2D eigenvalue weighted by Gasteiger charge is 2.51. The molecule has 0 spiro atoms. The smallest absolute Gasteiger partial charge is 0.307 e. The molecule has 1 saturated carbocycles. The molecule has 26 heavy (non-hydrogen) atoms. The Hall–Kier alpha value is -2.41. The van der Waals surface area contributed by atoms with Crippen molar-refractivity contribution in [3.8, 4) is 0 Å². The fourth-order valence-electron chi connectivity index (χ4n) is 4.02. The zero-order chi connectivity index (χ0) is 18.3. The van der Waals surface area contributed by atoms with E-state index in [1.807, 2.05) is 36.4 Å². The summed E-state index contributed by atoms with van der Waals surface area (Å²) in [4.78, 5) is 24.2. The summed E-state index contributed by atoms with van der Waals surface area (Å²) in [5.41, 5.74) is 1.10. The minimum Gasteiger partial charge on any atom is -0.481 e. The summed E-state index contributed by atoms with van der Waals surface area (Å²) < 4.78 is 2.76. The van der Waals surface area contributed by atoms with Gasteiger partial charge in [0.15, 0.2) is 5.82 Å². The number of carbonyl (C=O) groups is 2. The SMILES string of the molecule is O=C(O)[C@H]1[C@H](C(=O)Nc2ccn(Cc3ccc(Br)cc3)n2)[C@H]2C=C[C@H]1C2. The van der Waals surface area contributed by atoms with Crippen molar-refractivity contribution >= 4 is 33.6 Å². The van der Waals surface area contributed by atoms with E-state index < -0.39 is 17.8 Å². The van der Waals surface area contributed by atoms with Crippen LogP contribution in [-0.4, -0.2) is 26.8 Å². The molecule has 2 aliphatic rings. The molecule has 2 bridgehead atoms. The largest absolute Gasteiger partial charge is 0.481 e. The summed E-state index contributed by atoms with van der Waals surface area (Å²) in [6.45, 7) is 0.595. The molecular formula is C19H18BrN3O3. The molecule has 1 fully saturated rings. The van der Waals surface area contributed by atoms with Gasteiger partial charge < -0.3 is 10.4 Å². The number of benzene rings is 1. The van der Waals surface area contributed by atoms with E-state index in [0.717, 1.165) is 16.5 Å². The molecule has 2 N–H and O–H groups in total. The van der Waals surface area contributed by atoms with E-state index in [-0.39, 0.29) is 17.7 Å². The Kier molecular flexibility index (Phi) is 4.40. The molecule has 0 saturated heterocycles. The first-order chi connectivity index (χ1) is 12.5. The number of rotatable bonds is 5. The van der Waals surface area contributed by atoms with Crippen LogP contribution in [0.25, 0.3) is 0 Å². The number of allylic oxidation sites excluding steroid dienone is 2. The summed E-state index contributed by atoms with van der Waals surface area (Å²) in [5, 5.41) is 16.6. The normalized spacial score (nSPS) is 26.2. The molecule has 134 valence electrons. The Labute approximate surface area is 159 Å². The third-order valence-corrected chi connectivity index (χ3v) is 5.73. The summed E-state index contributed by atoms with van der Waals surface area (Å²) in [5.74, 6) is -1.92. The molecule has 1 aromatic heterocycles. The van der Waals surface area contributed by atoms with E-state index in [2.05, 4.69) is 26.3 Å². The van der Waals surface area contributed by atoms with Crippen molar-refractivity contribution in [2.24, 2.45) is 23.7 Å². The van der Waals surface area contributed by atoms with Crippen LogP contribution in [0.4, 0.5) is 5.82 Å². The second kappa shape index (κ2) is 6.72. The lowest BCUT2D eigenvalue weighted by molar-refractivity contribution is -0.146. The third kappa shape index (κ3) is 3.19. The molecule has 1 amide bonds. The molecule has 2 aromatic rings. The Balaban J connectivity index is 1.44. The standard InChI is InChI=1S/C19H18BrN3O3/c20-14-5-1-11(2-6-14)10-23-8-7-15(22-23)21-18(24)16-12-3-4-13(9-12)17(16)19(25)26/h1-8,12-13,16-17H,9-10H2,(H,25,26)(H,21,22,24)/t12-,13-,16+,17+/m0/s1. The number of carboxylic acids is 1. The van der Waals surface area contributed by atoms with Gasteiger partial charge in [0.2, 0.25) is 5.91 Å². The van der Waals surface area contributed by atoms with Crippen molar-refractivity contribution in [1.29, 1.82) is 0 Å². The van der Waals surface area contributed by atoms with Crippen molar-refractivity contribution in [3.63, 3.8) is 0 Å². The van der Waals surface area contributed by atoms with E-state index in [0.29, 0.717) is 12.4 Å². The molecule has 0 aliphatic heterocycles. The van der Waals surface area contributed by atoms with Gasteiger partial charge in [-0.3, -0.25) is 14.3 Å².